The van der Waals surface area contributed by atoms with Crippen LogP contribution in [0.5, 0.6) is 0 Å². The van der Waals surface area contributed by atoms with E-state index in [9.17, 15) is 9.18 Å². The molecule has 0 saturated heterocycles. The number of carboxylic acids is 1. The minimum absolute atomic E-state index is 0.224. The van der Waals surface area contributed by atoms with Crippen molar-refractivity contribution in [1.29, 1.82) is 0 Å². The van der Waals surface area contributed by atoms with Gasteiger partial charge in [-0.05, 0) is 6.07 Å². The van der Waals surface area contributed by atoms with Crippen LogP contribution in [0.25, 0.3) is 11.0 Å². The first kappa shape index (κ1) is 13.4. The number of carboxylic acid groups (broad SMARTS) is 1. The van der Waals surface area contributed by atoms with Crippen LogP contribution in [0.4, 0.5) is 4.39 Å². The Morgan fingerprint density at radius 3 is 2.95 bits per heavy atom. The Labute approximate surface area is 108 Å². The van der Waals surface area contributed by atoms with Crippen LogP contribution in [-0.4, -0.2) is 41.4 Å². The molecule has 0 spiro atoms. The van der Waals surface area contributed by atoms with Crippen LogP contribution in [0.15, 0.2) is 12.1 Å². The van der Waals surface area contributed by atoms with Gasteiger partial charge in [-0.1, -0.05) is 0 Å². The van der Waals surface area contributed by atoms with E-state index in [2.05, 4.69) is 9.97 Å². The van der Waals surface area contributed by atoms with E-state index < -0.39 is 17.3 Å². The summed E-state index contributed by atoms with van der Waals surface area (Å²) < 4.78 is 23.6. The van der Waals surface area contributed by atoms with Crippen LogP contribution in [0.3, 0.4) is 0 Å². The number of rotatable bonds is 6. The Kier molecular flexibility index (Phi) is 4.08. The number of H-pyrrole nitrogens is 1. The van der Waals surface area contributed by atoms with Crippen LogP contribution >= 0.6 is 0 Å². The Morgan fingerprint density at radius 1 is 1.47 bits per heavy atom. The number of aromatic carboxylic acids is 1. The lowest BCUT2D eigenvalue weighted by Gasteiger charge is -1.99. The Hall–Kier alpha value is -1.99. The predicted molar refractivity (Wildman–Crippen MR) is 64.5 cm³/mol. The van der Waals surface area contributed by atoms with Gasteiger partial charge in [-0.15, -0.1) is 0 Å². The van der Waals surface area contributed by atoms with Crippen molar-refractivity contribution in [2.45, 2.75) is 6.61 Å². The maximum atomic E-state index is 13.5. The van der Waals surface area contributed by atoms with Crippen LogP contribution < -0.4 is 0 Å². The molecule has 0 saturated carbocycles. The van der Waals surface area contributed by atoms with Crippen molar-refractivity contribution in [2.75, 3.05) is 20.3 Å². The summed E-state index contributed by atoms with van der Waals surface area (Å²) in [5.74, 6) is -1.61. The average Bonchev–Trinajstić information content (AvgIpc) is 2.75. The van der Waals surface area contributed by atoms with Gasteiger partial charge in [-0.3, -0.25) is 0 Å². The molecule has 0 fully saturated rings. The number of carbonyl (C=O) groups is 1. The summed E-state index contributed by atoms with van der Waals surface area (Å²) in [4.78, 5) is 17.8. The predicted octanol–water partition coefficient (Wildman–Crippen LogP) is 1.56. The lowest BCUT2D eigenvalue weighted by atomic mass is 10.2. The first-order chi connectivity index (χ1) is 9.11. The third kappa shape index (κ3) is 3.07. The van der Waals surface area contributed by atoms with E-state index in [0.717, 1.165) is 6.07 Å². The minimum Gasteiger partial charge on any atom is -0.478 e. The average molecular weight is 268 g/mol. The maximum absolute atomic E-state index is 13.5. The van der Waals surface area contributed by atoms with Gasteiger partial charge in [-0.2, -0.15) is 0 Å². The molecule has 19 heavy (non-hydrogen) atoms. The minimum atomic E-state index is -1.32. The molecule has 0 radical (unpaired) electrons. The first-order valence-electron chi connectivity index (χ1n) is 5.60. The number of ether oxygens (including phenoxy) is 2. The van der Waals surface area contributed by atoms with Gasteiger partial charge in [0.25, 0.3) is 0 Å². The quantitative estimate of drug-likeness (QED) is 0.777. The van der Waals surface area contributed by atoms with Gasteiger partial charge in [0.05, 0.1) is 29.8 Å². The van der Waals surface area contributed by atoms with Gasteiger partial charge in [0.15, 0.2) is 0 Å². The molecule has 0 aliphatic rings. The molecule has 7 heteroatoms. The van der Waals surface area contributed by atoms with Crippen molar-refractivity contribution >= 4 is 17.0 Å². The van der Waals surface area contributed by atoms with Gasteiger partial charge in [0.2, 0.25) is 0 Å². The molecule has 1 aromatic heterocycles. The second-order valence-electron chi connectivity index (χ2n) is 3.88. The third-order valence-electron chi connectivity index (χ3n) is 2.52. The summed E-state index contributed by atoms with van der Waals surface area (Å²) in [6, 6.07) is 2.31. The summed E-state index contributed by atoms with van der Waals surface area (Å²) in [6.45, 7) is 1.11. The lowest BCUT2D eigenvalue weighted by molar-refractivity contribution is 0.0590. The van der Waals surface area contributed by atoms with Crippen LogP contribution in [0.1, 0.15) is 16.2 Å². The molecule has 0 aliphatic carbocycles. The maximum Gasteiger partial charge on any atom is 0.338 e. The van der Waals surface area contributed by atoms with E-state index in [0.29, 0.717) is 30.1 Å². The second-order valence-corrected chi connectivity index (χ2v) is 3.88. The van der Waals surface area contributed by atoms with E-state index in [1.165, 1.54) is 6.07 Å². The number of nitrogens with zero attached hydrogens (tertiary/aromatic N) is 1. The highest BCUT2D eigenvalue weighted by atomic mass is 19.1. The highest BCUT2D eigenvalue weighted by molar-refractivity contribution is 5.92. The number of benzene rings is 1. The zero-order valence-electron chi connectivity index (χ0n) is 10.3. The number of nitrogens with one attached hydrogen (secondary N) is 1. The third-order valence-corrected chi connectivity index (χ3v) is 2.52. The number of halogens is 1. The molecule has 0 aliphatic heterocycles. The van der Waals surface area contributed by atoms with Gasteiger partial charge in [-0.25, -0.2) is 14.2 Å². The second kappa shape index (κ2) is 5.77. The summed E-state index contributed by atoms with van der Waals surface area (Å²) >= 11 is 0. The number of aromatic amines is 1. The van der Waals surface area contributed by atoms with E-state index in [-0.39, 0.29) is 6.61 Å². The fraction of sp³-hybridized carbons (Fsp3) is 0.333. The Balaban J connectivity index is 2.18. The lowest BCUT2D eigenvalue weighted by Crippen LogP contribution is -2.02. The number of hydrogen-bond donors (Lipinski definition) is 2. The summed E-state index contributed by atoms with van der Waals surface area (Å²) in [5, 5.41) is 8.82. The zero-order valence-corrected chi connectivity index (χ0v) is 10.3. The molecule has 2 aromatic rings. The molecule has 6 nitrogen and oxygen atoms in total. The standard InChI is InChI=1S/C12H13FN2O4/c1-18-2-3-19-6-11-14-9-4-7(12(16)17)8(13)5-10(9)15-11/h4-5H,2-3,6H2,1H3,(H,14,15)(H,16,17). The van der Waals surface area contributed by atoms with Crippen LogP contribution in [-0.2, 0) is 16.1 Å². The number of fused-ring (bicyclic) bond motifs is 1. The molecule has 0 bridgehead atoms. The molecule has 2 rings (SSSR count). The van der Waals surface area contributed by atoms with E-state index in [1.807, 2.05) is 0 Å². The van der Waals surface area contributed by atoms with Crippen molar-refractivity contribution in [3.05, 3.63) is 29.3 Å². The fourth-order valence-corrected chi connectivity index (χ4v) is 1.63. The van der Waals surface area contributed by atoms with Crippen molar-refractivity contribution in [2.24, 2.45) is 0 Å². The molecule has 1 heterocycles. The number of imidazole rings is 1. The smallest absolute Gasteiger partial charge is 0.338 e. The van der Waals surface area contributed by atoms with Crippen LogP contribution in [0.2, 0.25) is 0 Å². The van der Waals surface area contributed by atoms with E-state index in [4.69, 9.17) is 14.6 Å². The van der Waals surface area contributed by atoms with E-state index >= 15 is 0 Å². The Bertz CT molecular complexity index is 597. The molecular weight excluding hydrogens is 255 g/mol. The molecule has 2 N–H and O–H groups in total. The zero-order chi connectivity index (χ0) is 13.8. The van der Waals surface area contributed by atoms with Crippen molar-refractivity contribution in [3.63, 3.8) is 0 Å². The SMILES string of the molecule is COCCOCc1nc2cc(C(=O)O)c(F)cc2[nH]1. The van der Waals surface area contributed by atoms with E-state index in [1.54, 1.807) is 7.11 Å². The molecule has 0 amide bonds. The van der Waals surface area contributed by atoms with Crippen molar-refractivity contribution in [1.82, 2.24) is 9.97 Å². The van der Waals surface area contributed by atoms with Crippen molar-refractivity contribution in [3.8, 4) is 0 Å². The number of aromatic nitrogens is 2. The Morgan fingerprint density at radius 2 is 2.26 bits per heavy atom. The van der Waals surface area contributed by atoms with Gasteiger partial charge < -0.3 is 19.6 Å². The van der Waals surface area contributed by atoms with Gasteiger partial charge in [0.1, 0.15) is 18.2 Å². The highest BCUT2D eigenvalue weighted by Gasteiger charge is 2.13. The van der Waals surface area contributed by atoms with Crippen molar-refractivity contribution < 1.29 is 23.8 Å². The summed E-state index contributed by atoms with van der Waals surface area (Å²) in [5.41, 5.74) is 0.433. The molecular formula is C12H13FN2O4. The summed E-state index contributed by atoms with van der Waals surface area (Å²) in [6.07, 6.45) is 0. The molecule has 0 unspecified atom stereocenters. The molecule has 1 aromatic carbocycles. The normalized spacial score (nSPS) is 11.1. The van der Waals surface area contributed by atoms with Gasteiger partial charge >= 0.3 is 5.97 Å². The topological polar surface area (TPSA) is 84.4 Å². The van der Waals surface area contributed by atoms with Crippen LogP contribution in [0, 0.1) is 5.82 Å². The number of methoxy groups -OCH3 is 1. The van der Waals surface area contributed by atoms with Gasteiger partial charge in [0, 0.05) is 13.2 Å². The summed E-state index contributed by atoms with van der Waals surface area (Å²) in [7, 11) is 1.57. The highest BCUT2D eigenvalue weighted by Crippen LogP contribution is 2.17. The fourth-order valence-electron chi connectivity index (χ4n) is 1.63. The monoisotopic (exact) mass is 268 g/mol. The molecule has 102 valence electrons. The largest absolute Gasteiger partial charge is 0.478 e. The number of hydrogen-bond acceptors (Lipinski definition) is 4. The first-order valence-corrected chi connectivity index (χ1v) is 5.60. The molecule has 0 atom stereocenters.